The van der Waals surface area contributed by atoms with Crippen molar-refractivity contribution in [2.24, 2.45) is 5.41 Å². The number of benzene rings is 1. The van der Waals surface area contributed by atoms with E-state index in [1.165, 1.54) is 0 Å². The van der Waals surface area contributed by atoms with Gasteiger partial charge in [0.25, 0.3) is 0 Å². The van der Waals surface area contributed by atoms with Gasteiger partial charge in [-0.2, -0.15) is 0 Å². The minimum Gasteiger partial charge on any atom is -0.383 e. The Labute approximate surface area is 155 Å². The molecule has 142 valence electrons. The Kier molecular flexibility index (Phi) is 5.51. The van der Waals surface area contributed by atoms with Gasteiger partial charge in [0.05, 0.1) is 12.0 Å². The first-order valence-electron chi connectivity index (χ1n) is 9.36. The SMILES string of the molecule is COCCN1CC[C@@]2(CN(C(=O)NC(C)C)C[C@@H]2c2ccccc2)C1=O. The summed E-state index contributed by atoms with van der Waals surface area (Å²) >= 11 is 0. The Bertz CT molecular complexity index is 649. The lowest BCUT2D eigenvalue weighted by Crippen LogP contribution is -2.44. The van der Waals surface area contributed by atoms with Gasteiger partial charge in [-0.3, -0.25) is 4.79 Å². The second-order valence-corrected chi connectivity index (χ2v) is 7.64. The zero-order chi connectivity index (χ0) is 18.7. The maximum absolute atomic E-state index is 13.3. The maximum atomic E-state index is 13.3. The van der Waals surface area contributed by atoms with Gasteiger partial charge < -0.3 is 19.9 Å². The Morgan fingerprint density at radius 3 is 2.73 bits per heavy atom. The molecule has 0 saturated carbocycles. The average molecular weight is 359 g/mol. The summed E-state index contributed by atoms with van der Waals surface area (Å²) in [5, 5.41) is 2.97. The third-order valence-corrected chi connectivity index (χ3v) is 5.55. The first-order chi connectivity index (χ1) is 12.5. The molecule has 1 aromatic rings. The minimum absolute atomic E-state index is 0.0293. The quantitative estimate of drug-likeness (QED) is 0.875. The highest BCUT2D eigenvalue weighted by molar-refractivity contribution is 5.88. The molecule has 2 fully saturated rings. The Morgan fingerprint density at radius 1 is 1.35 bits per heavy atom. The molecule has 3 amide bonds. The van der Waals surface area contributed by atoms with Gasteiger partial charge in [0.1, 0.15) is 0 Å². The lowest BCUT2D eigenvalue weighted by atomic mass is 9.73. The smallest absolute Gasteiger partial charge is 0.317 e. The fourth-order valence-corrected chi connectivity index (χ4v) is 4.26. The summed E-state index contributed by atoms with van der Waals surface area (Å²) < 4.78 is 5.15. The van der Waals surface area contributed by atoms with Crippen LogP contribution in [0.1, 0.15) is 31.7 Å². The van der Waals surface area contributed by atoms with Gasteiger partial charge in [0.2, 0.25) is 5.91 Å². The zero-order valence-electron chi connectivity index (χ0n) is 15.9. The van der Waals surface area contributed by atoms with Crippen LogP contribution in [-0.4, -0.2) is 67.7 Å². The molecule has 2 saturated heterocycles. The fourth-order valence-electron chi connectivity index (χ4n) is 4.26. The summed E-state index contributed by atoms with van der Waals surface area (Å²) in [6.07, 6.45) is 0.778. The number of carbonyl (C=O) groups excluding carboxylic acids is 2. The van der Waals surface area contributed by atoms with Gasteiger partial charge >= 0.3 is 6.03 Å². The van der Waals surface area contributed by atoms with Crippen molar-refractivity contribution in [2.75, 3.05) is 39.9 Å². The molecule has 2 heterocycles. The van der Waals surface area contributed by atoms with Crippen LogP contribution in [0.5, 0.6) is 0 Å². The summed E-state index contributed by atoms with van der Waals surface area (Å²) in [5.41, 5.74) is 0.609. The van der Waals surface area contributed by atoms with Gasteiger partial charge in [-0.1, -0.05) is 30.3 Å². The predicted octanol–water partition coefficient (Wildman–Crippen LogP) is 2.07. The van der Waals surface area contributed by atoms with Crippen LogP contribution in [0.2, 0.25) is 0 Å². The molecule has 0 unspecified atom stereocenters. The average Bonchev–Trinajstić information content (AvgIpc) is 3.16. The molecule has 1 N–H and O–H groups in total. The number of rotatable bonds is 5. The van der Waals surface area contributed by atoms with Crippen LogP contribution in [0, 0.1) is 5.41 Å². The van der Waals surface area contributed by atoms with Crippen LogP contribution in [0.25, 0.3) is 0 Å². The van der Waals surface area contributed by atoms with Gasteiger partial charge in [0.15, 0.2) is 0 Å². The number of methoxy groups -OCH3 is 1. The molecule has 1 aromatic carbocycles. The second-order valence-electron chi connectivity index (χ2n) is 7.64. The molecule has 2 aliphatic heterocycles. The monoisotopic (exact) mass is 359 g/mol. The van der Waals surface area contributed by atoms with E-state index in [0.717, 1.165) is 18.5 Å². The van der Waals surface area contributed by atoms with E-state index in [4.69, 9.17) is 4.74 Å². The highest BCUT2D eigenvalue weighted by Crippen LogP contribution is 2.49. The normalized spacial score (nSPS) is 25.5. The van der Waals surface area contributed by atoms with Crippen LogP contribution < -0.4 is 5.32 Å². The van der Waals surface area contributed by atoms with Crippen molar-refractivity contribution in [3.63, 3.8) is 0 Å². The molecule has 1 spiro atoms. The van der Waals surface area contributed by atoms with Crippen molar-refractivity contribution in [1.29, 1.82) is 0 Å². The Morgan fingerprint density at radius 2 is 2.08 bits per heavy atom. The lowest BCUT2D eigenvalue weighted by Gasteiger charge is -2.29. The number of nitrogens with one attached hydrogen (secondary N) is 1. The molecular weight excluding hydrogens is 330 g/mol. The van der Waals surface area contributed by atoms with Gasteiger partial charge in [-0.25, -0.2) is 4.79 Å². The van der Waals surface area contributed by atoms with Crippen LogP contribution in [0.4, 0.5) is 4.79 Å². The molecule has 0 bridgehead atoms. The van der Waals surface area contributed by atoms with Gasteiger partial charge in [-0.15, -0.1) is 0 Å². The summed E-state index contributed by atoms with van der Waals surface area (Å²) in [7, 11) is 1.65. The van der Waals surface area contributed by atoms with Crippen molar-refractivity contribution in [2.45, 2.75) is 32.2 Å². The third-order valence-electron chi connectivity index (χ3n) is 5.55. The topological polar surface area (TPSA) is 61.9 Å². The molecule has 0 aromatic heterocycles. The van der Waals surface area contributed by atoms with Crippen molar-refractivity contribution >= 4 is 11.9 Å². The molecular formula is C20H29N3O3. The van der Waals surface area contributed by atoms with Crippen LogP contribution >= 0.6 is 0 Å². The summed E-state index contributed by atoms with van der Waals surface area (Å²) in [5.74, 6) is 0.185. The van der Waals surface area contributed by atoms with Gasteiger partial charge in [-0.05, 0) is 25.8 Å². The van der Waals surface area contributed by atoms with E-state index in [1.54, 1.807) is 7.11 Å². The third kappa shape index (κ3) is 3.43. The number of hydrogen-bond acceptors (Lipinski definition) is 3. The molecule has 0 aliphatic carbocycles. The molecule has 0 radical (unpaired) electrons. The van der Waals surface area contributed by atoms with E-state index in [-0.39, 0.29) is 23.9 Å². The fraction of sp³-hybridized carbons (Fsp3) is 0.600. The van der Waals surface area contributed by atoms with E-state index in [1.807, 2.05) is 41.8 Å². The van der Waals surface area contributed by atoms with Crippen molar-refractivity contribution in [1.82, 2.24) is 15.1 Å². The highest BCUT2D eigenvalue weighted by Gasteiger charge is 2.57. The Balaban J connectivity index is 1.88. The number of hydrogen-bond donors (Lipinski definition) is 1. The van der Waals surface area contributed by atoms with Crippen molar-refractivity contribution in [3.8, 4) is 0 Å². The molecule has 2 atom stereocenters. The highest BCUT2D eigenvalue weighted by atomic mass is 16.5. The van der Waals surface area contributed by atoms with Crippen LogP contribution in [0.15, 0.2) is 30.3 Å². The zero-order valence-corrected chi connectivity index (χ0v) is 15.9. The molecule has 6 heteroatoms. The Hall–Kier alpha value is -2.08. The standard InChI is InChI=1S/C20H29N3O3/c1-15(2)21-19(25)23-13-17(16-7-5-4-6-8-16)20(14-23)9-10-22(18(20)24)11-12-26-3/h4-8,15,17H,9-14H2,1-3H3,(H,21,25)/t17-,20+/m1/s1. The maximum Gasteiger partial charge on any atom is 0.317 e. The molecule has 2 aliphatic rings. The number of carbonyl (C=O) groups is 2. The van der Waals surface area contributed by atoms with Crippen LogP contribution in [-0.2, 0) is 9.53 Å². The molecule has 6 nitrogen and oxygen atoms in total. The van der Waals surface area contributed by atoms with Crippen molar-refractivity contribution < 1.29 is 14.3 Å². The number of likely N-dealkylation sites (tertiary alicyclic amines) is 2. The molecule has 26 heavy (non-hydrogen) atoms. The van der Waals surface area contributed by atoms with E-state index >= 15 is 0 Å². The number of urea groups is 1. The van der Waals surface area contributed by atoms with Crippen molar-refractivity contribution in [3.05, 3.63) is 35.9 Å². The largest absolute Gasteiger partial charge is 0.383 e. The molecule has 3 rings (SSSR count). The predicted molar refractivity (Wildman–Crippen MR) is 99.9 cm³/mol. The van der Waals surface area contributed by atoms with Crippen LogP contribution in [0.3, 0.4) is 0 Å². The minimum atomic E-state index is -0.524. The number of ether oxygens (including phenoxy) is 1. The first kappa shape index (κ1) is 18.7. The number of nitrogens with zero attached hydrogens (tertiary/aromatic N) is 2. The first-order valence-corrected chi connectivity index (χ1v) is 9.36. The summed E-state index contributed by atoms with van der Waals surface area (Å²) in [6.45, 7) is 6.83. The van der Waals surface area contributed by atoms with E-state index in [0.29, 0.717) is 26.2 Å². The van der Waals surface area contributed by atoms with Gasteiger partial charge in [0, 0.05) is 45.2 Å². The van der Waals surface area contributed by atoms with E-state index < -0.39 is 5.41 Å². The van der Waals surface area contributed by atoms with E-state index in [2.05, 4.69) is 17.4 Å². The number of amides is 3. The van der Waals surface area contributed by atoms with E-state index in [9.17, 15) is 9.59 Å². The summed E-state index contributed by atoms with van der Waals surface area (Å²) in [6, 6.07) is 10.1. The lowest BCUT2D eigenvalue weighted by molar-refractivity contribution is -0.136. The summed E-state index contributed by atoms with van der Waals surface area (Å²) in [4.78, 5) is 29.6. The second kappa shape index (κ2) is 7.66.